The van der Waals surface area contributed by atoms with E-state index in [2.05, 4.69) is 45.8 Å². The molecule has 0 atom stereocenters. The third-order valence-electron chi connectivity index (χ3n) is 6.42. The molecule has 2 N–H and O–H groups in total. The number of amides is 1. The Balaban J connectivity index is 1.36. The maximum Gasteiger partial charge on any atom is 0.224 e. The molecule has 1 aliphatic carbocycles. The van der Waals surface area contributed by atoms with Crippen LogP contribution in [0.15, 0.2) is 23.9 Å². The van der Waals surface area contributed by atoms with Crippen LogP contribution in [-0.2, 0) is 24.8 Å². The minimum atomic E-state index is -0.00711. The number of aryl methyl sites for hydroxylation is 1. The van der Waals surface area contributed by atoms with Gasteiger partial charge in [-0.2, -0.15) is 10.4 Å². The molecule has 0 saturated carbocycles. The first-order valence-electron chi connectivity index (χ1n) is 11.0. The lowest BCUT2D eigenvalue weighted by Crippen LogP contribution is -2.39. The number of benzene rings is 1. The van der Waals surface area contributed by atoms with Gasteiger partial charge in [-0.25, -0.2) is 0 Å². The zero-order valence-corrected chi connectivity index (χ0v) is 18.5. The Morgan fingerprint density at radius 2 is 2.10 bits per heavy atom. The van der Waals surface area contributed by atoms with E-state index in [1.54, 1.807) is 10.9 Å². The molecular weight excluding hydrogens is 388 g/mol. The van der Waals surface area contributed by atoms with Crippen molar-refractivity contribution >= 4 is 23.5 Å². The predicted octanol–water partition coefficient (Wildman–Crippen LogP) is 3.62. The highest BCUT2D eigenvalue weighted by Crippen LogP contribution is 2.30. The number of carbonyl (C=O) groups is 1. The van der Waals surface area contributed by atoms with Crippen molar-refractivity contribution < 1.29 is 4.79 Å². The maximum atomic E-state index is 11.8. The molecule has 2 heterocycles. The minimum absolute atomic E-state index is 0.00711. The van der Waals surface area contributed by atoms with Crippen LogP contribution in [0.5, 0.6) is 0 Å². The highest BCUT2D eigenvalue weighted by Gasteiger charge is 2.23. The van der Waals surface area contributed by atoms with E-state index < -0.39 is 0 Å². The van der Waals surface area contributed by atoms with Gasteiger partial charge in [0.05, 0.1) is 12.3 Å². The quantitative estimate of drug-likeness (QED) is 0.748. The fraction of sp³-hybridized carbons (Fsp3) is 0.458. The van der Waals surface area contributed by atoms with Gasteiger partial charge in [-0.3, -0.25) is 14.4 Å². The molecular formula is C24H30N6O. The molecule has 7 heteroatoms. The number of nitrogens with one attached hydrogen (secondary N) is 2. The van der Waals surface area contributed by atoms with Crippen LogP contribution in [0.1, 0.15) is 48.4 Å². The molecule has 1 saturated heterocycles. The Morgan fingerprint density at radius 1 is 1.32 bits per heavy atom. The fourth-order valence-corrected chi connectivity index (χ4v) is 4.47. The molecule has 7 nitrogen and oxygen atoms in total. The minimum Gasteiger partial charge on any atom is -0.366 e. The molecule has 1 aliphatic heterocycles. The average molecular weight is 419 g/mol. The molecule has 0 unspecified atom stereocenters. The molecule has 1 aromatic heterocycles. The van der Waals surface area contributed by atoms with Gasteiger partial charge < -0.3 is 10.6 Å². The lowest BCUT2D eigenvalue weighted by atomic mass is 9.97. The number of fused-ring (bicyclic) bond motifs is 1. The third kappa shape index (κ3) is 4.49. The summed E-state index contributed by atoms with van der Waals surface area (Å²) in [5, 5.41) is 20.0. The number of nitriles is 1. The van der Waals surface area contributed by atoms with Crippen LogP contribution in [0.25, 0.3) is 6.08 Å². The van der Waals surface area contributed by atoms with Crippen molar-refractivity contribution in [3.05, 3.63) is 46.2 Å². The van der Waals surface area contributed by atoms with Crippen molar-refractivity contribution in [2.75, 3.05) is 23.7 Å². The molecule has 0 bridgehead atoms. The molecule has 0 spiro atoms. The van der Waals surface area contributed by atoms with Gasteiger partial charge in [-0.05, 0) is 48.1 Å². The Kier molecular flexibility index (Phi) is 6.10. The second-order valence-electron chi connectivity index (χ2n) is 8.51. The Labute approximate surface area is 183 Å². The summed E-state index contributed by atoms with van der Waals surface area (Å²) in [6.45, 7) is 6.98. The van der Waals surface area contributed by atoms with Gasteiger partial charge in [0, 0.05) is 51.1 Å². The van der Waals surface area contributed by atoms with E-state index in [-0.39, 0.29) is 5.91 Å². The molecule has 4 rings (SSSR count). The van der Waals surface area contributed by atoms with Crippen LogP contribution in [-0.4, -0.2) is 39.7 Å². The lowest BCUT2D eigenvalue weighted by Gasteiger charge is -2.33. The van der Waals surface area contributed by atoms with Crippen LogP contribution in [0.4, 0.5) is 11.5 Å². The largest absolute Gasteiger partial charge is 0.366 e. The number of carbonyl (C=O) groups excluding carboxylic acids is 1. The van der Waals surface area contributed by atoms with Crippen molar-refractivity contribution in [2.45, 2.75) is 52.1 Å². The summed E-state index contributed by atoms with van der Waals surface area (Å²) in [4.78, 5) is 14.3. The molecule has 2 aliphatic rings. The summed E-state index contributed by atoms with van der Waals surface area (Å²) in [6.07, 6.45) is 7.03. The summed E-state index contributed by atoms with van der Waals surface area (Å²) in [5.41, 5.74) is 6.75. The van der Waals surface area contributed by atoms with Crippen molar-refractivity contribution in [2.24, 2.45) is 7.05 Å². The number of nitrogens with zero attached hydrogens (tertiary/aromatic N) is 4. The molecule has 1 amide bonds. The van der Waals surface area contributed by atoms with Crippen molar-refractivity contribution in [3.8, 4) is 6.07 Å². The zero-order valence-electron chi connectivity index (χ0n) is 18.5. The highest BCUT2D eigenvalue weighted by atomic mass is 16.1. The number of rotatable bonds is 6. The van der Waals surface area contributed by atoms with Gasteiger partial charge in [0.2, 0.25) is 5.91 Å². The van der Waals surface area contributed by atoms with E-state index in [0.29, 0.717) is 12.5 Å². The molecule has 162 valence electrons. The zero-order chi connectivity index (χ0) is 22.0. The predicted molar refractivity (Wildman–Crippen MR) is 123 cm³/mol. The number of hydrogen-bond donors (Lipinski definition) is 2. The van der Waals surface area contributed by atoms with Gasteiger partial charge in [-0.15, -0.1) is 0 Å². The Hall–Kier alpha value is -3.11. The molecule has 31 heavy (non-hydrogen) atoms. The highest BCUT2D eigenvalue weighted by molar-refractivity contribution is 5.93. The van der Waals surface area contributed by atoms with E-state index in [0.717, 1.165) is 56.0 Å². The Morgan fingerprint density at radius 3 is 2.81 bits per heavy atom. The normalized spacial score (nSPS) is 16.5. The molecule has 0 radical (unpaired) electrons. The second-order valence-corrected chi connectivity index (χ2v) is 8.51. The number of likely N-dealkylation sites (tertiary alicyclic amines) is 1. The van der Waals surface area contributed by atoms with E-state index in [4.69, 9.17) is 0 Å². The average Bonchev–Trinajstić information content (AvgIpc) is 3.36. The molecule has 2 aromatic rings. The van der Waals surface area contributed by atoms with Gasteiger partial charge in [0.15, 0.2) is 0 Å². The first kappa shape index (κ1) is 21.1. The summed E-state index contributed by atoms with van der Waals surface area (Å²) < 4.78 is 1.79. The number of piperidine rings is 1. The molecule has 1 fully saturated rings. The topological polar surface area (TPSA) is 86.0 Å². The van der Waals surface area contributed by atoms with Crippen LogP contribution < -0.4 is 10.6 Å². The number of anilines is 2. The first-order valence-corrected chi connectivity index (χ1v) is 11.0. The summed E-state index contributed by atoms with van der Waals surface area (Å²) in [7, 11) is 1.89. The second kappa shape index (κ2) is 8.94. The van der Waals surface area contributed by atoms with Crippen LogP contribution in [0.2, 0.25) is 0 Å². The van der Waals surface area contributed by atoms with E-state index in [1.165, 1.54) is 22.3 Å². The van der Waals surface area contributed by atoms with Crippen LogP contribution >= 0.6 is 0 Å². The smallest absolute Gasteiger partial charge is 0.224 e. The number of allylic oxidation sites excluding steroid dienone is 1. The van der Waals surface area contributed by atoms with Crippen LogP contribution in [0.3, 0.4) is 0 Å². The van der Waals surface area contributed by atoms with Crippen molar-refractivity contribution in [3.63, 3.8) is 0 Å². The van der Waals surface area contributed by atoms with Gasteiger partial charge >= 0.3 is 0 Å². The summed E-state index contributed by atoms with van der Waals surface area (Å²) >= 11 is 0. The molecule has 1 aromatic carbocycles. The monoisotopic (exact) mass is 418 g/mol. The fourth-order valence-electron chi connectivity index (χ4n) is 4.47. The van der Waals surface area contributed by atoms with Crippen molar-refractivity contribution in [1.82, 2.24) is 14.7 Å². The number of hydrogen-bond acceptors (Lipinski definition) is 5. The Bertz CT molecular complexity index is 1050. The third-order valence-corrected chi connectivity index (χ3v) is 6.42. The van der Waals surface area contributed by atoms with Gasteiger partial charge in [0.25, 0.3) is 0 Å². The lowest BCUT2D eigenvalue weighted by molar-refractivity contribution is -0.115. The van der Waals surface area contributed by atoms with E-state index in [9.17, 15) is 10.1 Å². The van der Waals surface area contributed by atoms with Gasteiger partial charge in [-0.1, -0.05) is 19.1 Å². The van der Waals surface area contributed by atoms with E-state index >= 15 is 0 Å². The summed E-state index contributed by atoms with van der Waals surface area (Å²) in [5.74, 6) is 0.863. The van der Waals surface area contributed by atoms with Gasteiger partial charge in [0.1, 0.15) is 11.5 Å². The maximum absolute atomic E-state index is 11.8. The first-order chi connectivity index (χ1) is 15.0. The SMILES string of the molecule is CCC(=O)Nc1cnn(C)c1NC1CCN(Cc2ccc3c(c2C)C=C(C#N)C3)CC1. The number of aromatic nitrogens is 2. The van der Waals surface area contributed by atoms with Crippen LogP contribution in [0, 0.1) is 18.3 Å². The summed E-state index contributed by atoms with van der Waals surface area (Å²) in [6, 6.07) is 7.06. The van der Waals surface area contributed by atoms with Crippen molar-refractivity contribution in [1.29, 1.82) is 5.26 Å². The van der Waals surface area contributed by atoms with E-state index in [1.807, 2.05) is 20.0 Å². The standard InChI is InChI=1S/C24H30N6O/c1-4-23(31)28-22-14-26-29(3)24(22)27-20-7-9-30(10-8-20)15-19-6-5-18-11-17(13-25)12-21(18)16(19)2/h5-6,12,14,20,27H,4,7-11,15H2,1-3H3,(H,28,31).